The average molecular weight is 337 g/mol. The minimum atomic E-state index is -3.73. The summed E-state index contributed by atoms with van der Waals surface area (Å²) < 4.78 is 26.9. The number of halogens is 2. The van der Waals surface area contributed by atoms with Gasteiger partial charge in [-0.25, -0.2) is 18.1 Å². The fourth-order valence-corrected chi connectivity index (χ4v) is 3.21. The van der Waals surface area contributed by atoms with Crippen LogP contribution in [-0.2, 0) is 10.0 Å². The van der Waals surface area contributed by atoms with Crippen molar-refractivity contribution < 1.29 is 8.42 Å². The van der Waals surface area contributed by atoms with Crippen LogP contribution in [0.15, 0.2) is 40.0 Å². The number of H-pyrrole nitrogens is 1. The molecule has 5 nitrogen and oxygen atoms in total. The molecule has 17 heavy (non-hydrogen) atoms. The van der Waals surface area contributed by atoms with Gasteiger partial charge in [0.2, 0.25) is 5.95 Å². The van der Waals surface area contributed by atoms with Crippen LogP contribution in [0.3, 0.4) is 0 Å². The standard InChI is InChI=1S/C9H7BrClN3O2S/c10-6-1-2-8(7(11)5-6)17(15,16)14-9-12-3-4-13-9/h1-5H,(H2,12,13,14). The van der Waals surface area contributed by atoms with Gasteiger partial charge in [-0.1, -0.05) is 27.5 Å². The molecule has 2 aromatic rings. The van der Waals surface area contributed by atoms with E-state index in [0.29, 0.717) is 4.47 Å². The number of hydrogen-bond acceptors (Lipinski definition) is 3. The maximum absolute atomic E-state index is 12.0. The van der Waals surface area contributed by atoms with Crippen LogP contribution in [0.2, 0.25) is 5.02 Å². The van der Waals surface area contributed by atoms with Gasteiger partial charge in [0.1, 0.15) is 4.90 Å². The molecule has 1 aromatic carbocycles. The molecule has 0 aliphatic heterocycles. The number of anilines is 1. The second-order valence-electron chi connectivity index (χ2n) is 3.12. The van der Waals surface area contributed by atoms with E-state index in [0.717, 1.165) is 0 Å². The van der Waals surface area contributed by atoms with Crippen molar-refractivity contribution in [3.8, 4) is 0 Å². The van der Waals surface area contributed by atoms with Crippen LogP contribution in [0.1, 0.15) is 0 Å². The summed E-state index contributed by atoms with van der Waals surface area (Å²) >= 11 is 9.08. The Morgan fingerprint density at radius 3 is 2.76 bits per heavy atom. The van der Waals surface area contributed by atoms with E-state index in [4.69, 9.17) is 11.6 Å². The molecule has 0 saturated heterocycles. The van der Waals surface area contributed by atoms with E-state index in [1.54, 1.807) is 6.07 Å². The van der Waals surface area contributed by atoms with E-state index in [-0.39, 0.29) is 15.9 Å². The normalized spacial score (nSPS) is 11.4. The first-order valence-corrected chi connectivity index (χ1v) is 7.12. The maximum atomic E-state index is 12.0. The van der Waals surface area contributed by atoms with E-state index < -0.39 is 10.0 Å². The molecule has 0 aliphatic carbocycles. The quantitative estimate of drug-likeness (QED) is 0.905. The summed E-state index contributed by atoms with van der Waals surface area (Å²) in [6.45, 7) is 0. The van der Waals surface area contributed by atoms with E-state index >= 15 is 0 Å². The van der Waals surface area contributed by atoms with Crippen LogP contribution in [0, 0.1) is 0 Å². The maximum Gasteiger partial charge on any atom is 0.265 e. The summed E-state index contributed by atoms with van der Waals surface area (Å²) in [6.07, 6.45) is 2.96. The van der Waals surface area contributed by atoms with Crippen molar-refractivity contribution in [2.24, 2.45) is 0 Å². The third kappa shape index (κ3) is 2.80. The lowest BCUT2D eigenvalue weighted by atomic mass is 10.4. The first-order chi connectivity index (χ1) is 7.99. The second kappa shape index (κ2) is 4.67. The van der Waals surface area contributed by atoms with Crippen molar-refractivity contribution in [3.05, 3.63) is 40.1 Å². The fourth-order valence-electron chi connectivity index (χ4n) is 1.20. The van der Waals surface area contributed by atoms with Gasteiger partial charge in [-0.3, -0.25) is 0 Å². The molecule has 2 N–H and O–H groups in total. The number of nitrogens with one attached hydrogen (secondary N) is 2. The van der Waals surface area contributed by atoms with Gasteiger partial charge in [0, 0.05) is 16.9 Å². The number of sulfonamides is 1. The summed E-state index contributed by atoms with van der Waals surface area (Å²) in [6, 6.07) is 4.53. The second-order valence-corrected chi connectivity index (χ2v) is 6.09. The van der Waals surface area contributed by atoms with Gasteiger partial charge in [0.25, 0.3) is 10.0 Å². The van der Waals surface area contributed by atoms with Gasteiger partial charge in [0.15, 0.2) is 0 Å². The van der Waals surface area contributed by atoms with Gasteiger partial charge in [-0.05, 0) is 18.2 Å². The fraction of sp³-hybridized carbons (Fsp3) is 0. The molecule has 0 atom stereocenters. The van der Waals surface area contributed by atoms with Crippen LogP contribution in [0.4, 0.5) is 5.95 Å². The van der Waals surface area contributed by atoms with Crippen LogP contribution in [0.5, 0.6) is 0 Å². The Kier molecular flexibility index (Phi) is 3.41. The van der Waals surface area contributed by atoms with E-state index in [1.165, 1.54) is 24.5 Å². The van der Waals surface area contributed by atoms with Crippen LogP contribution < -0.4 is 4.72 Å². The van der Waals surface area contributed by atoms with Crippen molar-refractivity contribution in [1.29, 1.82) is 0 Å². The molecule has 0 amide bonds. The molecule has 0 aliphatic rings. The minimum absolute atomic E-state index is 0.00114. The zero-order valence-electron chi connectivity index (χ0n) is 8.31. The first-order valence-electron chi connectivity index (χ1n) is 4.46. The number of aromatic nitrogens is 2. The molecule has 2 rings (SSSR count). The lowest BCUT2D eigenvalue weighted by molar-refractivity contribution is 0.601. The Balaban J connectivity index is 2.38. The molecule has 0 bridgehead atoms. The molecule has 0 spiro atoms. The van der Waals surface area contributed by atoms with Gasteiger partial charge >= 0.3 is 0 Å². The van der Waals surface area contributed by atoms with Crippen LogP contribution >= 0.6 is 27.5 Å². The van der Waals surface area contributed by atoms with E-state index in [2.05, 4.69) is 30.6 Å². The minimum Gasteiger partial charge on any atom is -0.330 e. The Morgan fingerprint density at radius 1 is 1.41 bits per heavy atom. The summed E-state index contributed by atoms with van der Waals surface area (Å²) in [5.74, 6) is 0.143. The molecule has 0 radical (unpaired) electrons. The van der Waals surface area contributed by atoms with Crippen molar-refractivity contribution >= 4 is 43.5 Å². The molecule has 1 aromatic heterocycles. The number of nitrogens with zero attached hydrogens (tertiary/aromatic N) is 1. The molecular formula is C9H7BrClN3O2S. The first kappa shape index (κ1) is 12.4. The zero-order valence-corrected chi connectivity index (χ0v) is 11.5. The largest absolute Gasteiger partial charge is 0.330 e. The SMILES string of the molecule is O=S(=O)(Nc1ncc[nH]1)c1ccc(Br)cc1Cl. The Bertz CT molecular complexity index is 628. The highest BCUT2D eigenvalue weighted by atomic mass is 79.9. The number of hydrogen-bond donors (Lipinski definition) is 2. The highest BCUT2D eigenvalue weighted by molar-refractivity contribution is 9.10. The van der Waals surface area contributed by atoms with Crippen LogP contribution in [0.25, 0.3) is 0 Å². The van der Waals surface area contributed by atoms with E-state index in [1.807, 2.05) is 0 Å². The number of imidazole rings is 1. The van der Waals surface area contributed by atoms with Crippen molar-refractivity contribution in [1.82, 2.24) is 9.97 Å². The molecule has 8 heteroatoms. The Hall–Kier alpha value is -1.05. The van der Waals surface area contributed by atoms with Crippen molar-refractivity contribution in [2.75, 3.05) is 4.72 Å². The third-order valence-electron chi connectivity index (χ3n) is 1.91. The highest BCUT2D eigenvalue weighted by Crippen LogP contribution is 2.26. The van der Waals surface area contributed by atoms with Crippen molar-refractivity contribution in [3.63, 3.8) is 0 Å². The average Bonchev–Trinajstić information content (AvgIpc) is 2.68. The van der Waals surface area contributed by atoms with Gasteiger partial charge in [-0.2, -0.15) is 0 Å². The smallest absolute Gasteiger partial charge is 0.265 e. The van der Waals surface area contributed by atoms with Crippen LogP contribution in [-0.4, -0.2) is 18.4 Å². The lowest BCUT2D eigenvalue weighted by Crippen LogP contribution is -2.14. The van der Waals surface area contributed by atoms with Gasteiger partial charge < -0.3 is 4.98 Å². The summed E-state index contributed by atoms with van der Waals surface area (Å²) in [5.41, 5.74) is 0. The van der Waals surface area contributed by atoms with E-state index in [9.17, 15) is 8.42 Å². The Labute approximate surface area is 111 Å². The highest BCUT2D eigenvalue weighted by Gasteiger charge is 2.18. The summed E-state index contributed by atoms with van der Waals surface area (Å²) in [5, 5.41) is 0.137. The molecule has 0 fully saturated rings. The molecular weight excluding hydrogens is 330 g/mol. The van der Waals surface area contributed by atoms with Gasteiger partial charge in [0.05, 0.1) is 5.02 Å². The Morgan fingerprint density at radius 2 is 2.18 bits per heavy atom. The number of benzene rings is 1. The number of aromatic amines is 1. The summed E-state index contributed by atoms with van der Waals surface area (Å²) in [7, 11) is -3.73. The lowest BCUT2D eigenvalue weighted by Gasteiger charge is -2.07. The predicted molar refractivity (Wildman–Crippen MR) is 68.5 cm³/mol. The molecule has 1 heterocycles. The predicted octanol–water partition coefficient (Wildman–Crippen LogP) is 2.63. The molecule has 0 unspecified atom stereocenters. The summed E-state index contributed by atoms with van der Waals surface area (Å²) in [4.78, 5) is 6.41. The molecule has 0 saturated carbocycles. The van der Waals surface area contributed by atoms with Gasteiger partial charge in [-0.15, -0.1) is 0 Å². The molecule has 90 valence electrons. The monoisotopic (exact) mass is 335 g/mol. The number of rotatable bonds is 3. The van der Waals surface area contributed by atoms with Crippen molar-refractivity contribution in [2.45, 2.75) is 4.90 Å². The zero-order chi connectivity index (χ0) is 12.5. The third-order valence-corrected chi connectivity index (χ3v) is 4.23. The topological polar surface area (TPSA) is 74.8 Å².